The van der Waals surface area contributed by atoms with Crippen LogP contribution in [0.25, 0.3) is 10.9 Å². The molecular weight excluding hydrogens is 169 g/mol. The second-order valence-electron chi connectivity index (χ2n) is 2.74. The molecule has 4 heteroatoms. The molecule has 0 spiro atoms. The zero-order valence-electron chi connectivity index (χ0n) is 6.92. The Kier molecular flexibility index (Phi) is 1.81. The standard InChI is InChI=1S/C9H8FN3/c1-11-5-9-7-3-2-6(10)4-8(7)12-13-9/h2-4H,1,5H2,(H,12,13). The molecule has 66 valence electrons. The number of hydrogen-bond acceptors (Lipinski definition) is 2. The summed E-state index contributed by atoms with van der Waals surface area (Å²) >= 11 is 0. The molecule has 0 amide bonds. The Balaban J connectivity index is 2.61. The van der Waals surface area contributed by atoms with Crippen LogP contribution < -0.4 is 0 Å². The van der Waals surface area contributed by atoms with Crippen molar-refractivity contribution < 1.29 is 4.39 Å². The molecule has 1 aromatic heterocycles. The molecule has 3 nitrogen and oxygen atoms in total. The van der Waals surface area contributed by atoms with Gasteiger partial charge in [0, 0.05) is 5.39 Å². The molecule has 0 saturated heterocycles. The van der Waals surface area contributed by atoms with Crippen molar-refractivity contribution in [2.45, 2.75) is 6.54 Å². The number of hydrogen-bond donors (Lipinski definition) is 1. The van der Waals surface area contributed by atoms with E-state index in [2.05, 4.69) is 21.9 Å². The van der Waals surface area contributed by atoms with E-state index in [0.29, 0.717) is 12.1 Å². The van der Waals surface area contributed by atoms with E-state index in [-0.39, 0.29) is 5.82 Å². The molecule has 1 heterocycles. The number of aromatic nitrogens is 2. The van der Waals surface area contributed by atoms with Gasteiger partial charge in [0.1, 0.15) is 5.82 Å². The van der Waals surface area contributed by atoms with Crippen LogP contribution in [0.4, 0.5) is 4.39 Å². The lowest BCUT2D eigenvalue weighted by molar-refractivity contribution is 0.629. The Hall–Kier alpha value is -1.71. The molecule has 0 atom stereocenters. The van der Waals surface area contributed by atoms with Gasteiger partial charge in [-0.25, -0.2) is 4.39 Å². The number of nitrogens with zero attached hydrogens (tertiary/aromatic N) is 2. The highest BCUT2D eigenvalue weighted by Gasteiger charge is 2.04. The van der Waals surface area contributed by atoms with Gasteiger partial charge in [-0.15, -0.1) is 0 Å². The van der Waals surface area contributed by atoms with Crippen LogP contribution in [-0.4, -0.2) is 16.9 Å². The first-order chi connectivity index (χ1) is 6.31. The van der Waals surface area contributed by atoms with E-state index in [1.807, 2.05) is 0 Å². The SMILES string of the molecule is C=NCc1n[nH]c2cc(F)ccc12. The molecule has 0 aliphatic heterocycles. The minimum absolute atomic E-state index is 0.269. The van der Waals surface area contributed by atoms with Gasteiger partial charge in [0.25, 0.3) is 0 Å². The summed E-state index contributed by atoms with van der Waals surface area (Å²) < 4.78 is 12.7. The van der Waals surface area contributed by atoms with Crippen LogP contribution in [0.3, 0.4) is 0 Å². The molecule has 1 N–H and O–H groups in total. The van der Waals surface area contributed by atoms with E-state index in [0.717, 1.165) is 11.1 Å². The second-order valence-corrected chi connectivity index (χ2v) is 2.74. The molecule has 2 aromatic rings. The zero-order chi connectivity index (χ0) is 9.26. The summed E-state index contributed by atoms with van der Waals surface area (Å²) in [5.74, 6) is -0.269. The van der Waals surface area contributed by atoms with Gasteiger partial charge in [0.2, 0.25) is 0 Å². The highest BCUT2D eigenvalue weighted by Crippen LogP contribution is 2.17. The Morgan fingerprint density at radius 1 is 1.54 bits per heavy atom. The fourth-order valence-corrected chi connectivity index (χ4v) is 1.27. The Labute approximate surface area is 74.3 Å². The van der Waals surface area contributed by atoms with Crippen molar-refractivity contribution >= 4 is 17.6 Å². The first kappa shape index (κ1) is 7.91. The minimum atomic E-state index is -0.269. The molecule has 0 unspecified atom stereocenters. The third kappa shape index (κ3) is 1.30. The average molecular weight is 177 g/mol. The molecule has 1 aromatic carbocycles. The van der Waals surface area contributed by atoms with Gasteiger partial charge >= 0.3 is 0 Å². The first-order valence-corrected chi connectivity index (χ1v) is 3.86. The van der Waals surface area contributed by atoms with Gasteiger partial charge in [-0.1, -0.05) is 0 Å². The summed E-state index contributed by atoms with van der Waals surface area (Å²) in [5, 5.41) is 7.63. The lowest BCUT2D eigenvalue weighted by Gasteiger charge is -1.91. The average Bonchev–Trinajstić information content (AvgIpc) is 2.49. The number of halogens is 1. The summed E-state index contributed by atoms with van der Waals surface area (Å²) in [7, 11) is 0. The van der Waals surface area contributed by atoms with Gasteiger partial charge < -0.3 is 0 Å². The third-order valence-electron chi connectivity index (χ3n) is 1.87. The fraction of sp³-hybridized carbons (Fsp3) is 0.111. The minimum Gasteiger partial charge on any atom is -0.294 e. The van der Waals surface area contributed by atoms with Gasteiger partial charge in [0.15, 0.2) is 0 Å². The largest absolute Gasteiger partial charge is 0.294 e. The Bertz CT molecular complexity index is 447. The Morgan fingerprint density at radius 2 is 2.38 bits per heavy atom. The molecule has 0 radical (unpaired) electrons. The Morgan fingerprint density at radius 3 is 3.15 bits per heavy atom. The molecule has 2 rings (SSSR count). The molecule has 0 fully saturated rings. The maximum atomic E-state index is 12.7. The van der Waals surface area contributed by atoms with Crippen LogP contribution in [0.1, 0.15) is 5.69 Å². The van der Waals surface area contributed by atoms with Crippen molar-refractivity contribution in [1.82, 2.24) is 10.2 Å². The third-order valence-corrected chi connectivity index (χ3v) is 1.87. The lowest BCUT2D eigenvalue weighted by Crippen LogP contribution is -1.80. The van der Waals surface area contributed by atoms with E-state index >= 15 is 0 Å². The van der Waals surface area contributed by atoms with Crippen molar-refractivity contribution in [3.63, 3.8) is 0 Å². The van der Waals surface area contributed by atoms with Gasteiger partial charge in [-0.3, -0.25) is 10.1 Å². The van der Waals surface area contributed by atoms with Crippen molar-refractivity contribution in [3.05, 3.63) is 29.7 Å². The van der Waals surface area contributed by atoms with E-state index in [9.17, 15) is 4.39 Å². The van der Waals surface area contributed by atoms with Crippen molar-refractivity contribution in [3.8, 4) is 0 Å². The van der Waals surface area contributed by atoms with Crippen molar-refractivity contribution in [2.24, 2.45) is 4.99 Å². The predicted octanol–water partition coefficient (Wildman–Crippen LogP) is 1.90. The molecule has 0 saturated carbocycles. The number of H-pyrrole nitrogens is 1. The van der Waals surface area contributed by atoms with E-state index < -0.39 is 0 Å². The summed E-state index contributed by atoms with van der Waals surface area (Å²) in [5.41, 5.74) is 1.49. The second kappa shape index (κ2) is 2.97. The number of aliphatic imine (C=N–C) groups is 1. The number of benzene rings is 1. The number of nitrogens with one attached hydrogen (secondary N) is 1. The molecule has 13 heavy (non-hydrogen) atoms. The van der Waals surface area contributed by atoms with Crippen molar-refractivity contribution in [2.75, 3.05) is 0 Å². The van der Waals surface area contributed by atoms with Gasteiger partial charge in [-0.05, 0) is 24.9 Å². The van der Waals surface area contributed by atoms with Crippen LogP contribution in [0.5, 0.6) is 0 Å². The summed E-state index contributed by atoms with van der Waals surface area (Å²) in [6, 6.07) is 4.51. The summed E-state index contributed by atoms with van der Waals surface area (Å²) in [6.07, 6.45) is 0. The quantitative estimate of drug-likeness (QED) is 0.699. The van der Waals surface area contributed by atoms with Crippen LogP contribution in [0.2, 0.25) is 0 Å². The number of fused-ring (bicyclic) bond motifs is 1. The first-order valence-electron chi connectivity index (χ1n) is 3.86. The van der Waals surface area contributed by atoms with Crippen LogP contribution in [0, 0.1) is 5.82 Å². The van der Waals surface area contributed by atoms with Crippen LogP contribution >= 0.6 is 0 Å². The molecule has 0 aliphatic carbocycles. The van der Waals surface area contributed by atoms with Gasteiger partial charge in [0.05, 0.1) is 17.8 Å². The predicted molar refractivity (Wildman–Crippen MR) is 49.3 cm³/mol. The van der Waals surface area contributed by atoms with E-state index in [4.69, 9.17) is 0 Å². The highest BCUT2D eigenvalue weighted by atomic mass is 19.1. The van der Waals surface area contributed by atoms with Crippen LogP contribution in [-0.2, 0) is 6.54 Å². The molecule has 0 bridgehead atoms. The maximum absolute atomic E-state index is 12.7. The van der Waals surface area contributed by atoms with E-state index in [1.165, 1.54) is 12.1 Å². The van der Waals surface area contributed by atoms with Crippen LogP contribution in [0.15, 0.2) is 23.2 Å². The molecule has 0 aliphatic rings. The number of rotatable bonds is 2. The monoisotopic (exact) mass is 177 g/mol. The van der Waals surface area contributed by atoms with E-state index in [1.54, 1.807) is 6.07 Å². The smallest absolute Gasteiger partial charge is 0.125 e. The lowest BCUT2D eigenvalue weighted by atomic mass is 10.2. The topological polar surface area (TPSA) is 41.0 Å². The zero-order valence-corrected chi connectivity index (χ0v) is 6.92. The van der Waals surface area contributed by atoms with Crippen molar-refractivity contribution in [1.29, 1.82) is 0 Å². The maximum Gasteiger partial charge on any atom is 0.125 e. The number of aromatic amines is 1. The molecular formula is C9H8FN3. The summed E-state index contributed by atoms with van der Waals surface area (Å²) in [4.78, 5) is 3.72. The highest BCUT2D eigenvalue weighted by molar-refractivity contribution is 5.81. The fourth-order valence-electron chi connectivity index (χ4n) is 1.27. The normalized spacial score (nSPS) is 10.5. The summed E-state index contributed by atoms with van der Waals surface area (Å²) in [6.45, 7) is 3.83. The van der Waals surface area contributed by atoms with Gasteiger partial charge in [-0.2, -0.15) is 5.10 Å².